The standard InChI is InChI=1S/C14H17IN4/c1-14(2,3)12-11(15)13(16)19-10(18-12)7-9-5-4-6-17-8-9/h4-6,8H,7H2,1-3H3,(H2,16,18,19). The average Bonchev–Trinajstić information content (AvgIpc) is 2.33. The molecule has 4 nitrogen and oxygen atoms in total. The van der Waals surface area contributed by atoms with Crippen LogP contribution >= 0.6 is 22.6 Å². The molecule has 0 aliphatic carbocycles. The van der Waals surface area contributed by atoms with Gasteiger partial charge in [-0.1, -0.05) is 26.8 Å². The molecule has 0 radical (unpaired) electrons. The Labute approximate surface area is 127 Å². The van der Waals surface area contributed by atoms with Crippen LogP contribution in [0.5, 0.6) is 0 Å². The molecule has 0 amide bonds. The predicted octanol–water partition coefficient (Wildman–Crippen LogP) is 2.95. The lowest BCUT2D eigenvalue weighted by Gasteiger charge is -2.20. The Morgan fingerprint density at radius 2 is 2.00 bits per heavy atom. The maximum Gasteiger partial charge on any atom is 0.140 e. The van der Waals surface area contributed by atoms with Gasteiger partial charge in [-0.25, -0.2) is 9.97 Å². The van der Waals surface area contributed by atoms with Crippen molar-refractivity contribution in [1.82, 2.24) is 15.0 Å². The van der Waals surface area contributed by atoms with Crippen LogP contribution in [0.2, 0.25) is 0 Å². The second-order valence-electron chi connectivity index (χ2n) is 5.48. The number of hydrogen-bond donors (Lipinski definition) is 1. The van der Waals surface area contributed by atoms with Gasteiger partial charge in [-0.3, -0.25) is 4.98 Å². The molecule has 100 valence electrons. The van der Waals surface area contributed by atoms with Crippen LogP contribution in [0.15, 0.2) is 24.5 Å². The van der Waals surface area contributed by atoms with Gasteiger partial charge in [-0.05, 0) is 34.2 Å². The molecule has 0 saturated carbocycles. The summed E-state index contributed by atoms with van der Waals surface area (Å²) >= 11 is 2.22. The zero-order valence-electron chi connectivity index (χ0n) is 11.3. The van der Waals surface area contributed by atoms with Gasteiger partial charge in [0.25, 0.3) is 0 Å². The Kier molecular flexibility index (Phi) is 4.03. The highest BCUT2D eigenvalue weighted by atomic mass is 127. The molecule has 0 spiro atoms. The topological polar surface area (TPSA) is 64.7 Å². The molecule has 0 saturated heterocycles. The number of hydrogen-bond acceptors (Lipinski definition) is 4. The highest BCUT2D eigenvalue weighted by Gasteiger charge is 2.22. The first kappa shape index (κ1) is 14.2. The van der Waals surface area contributed by atoms with Gasteiger partial charge in [0, 0.05) is 24.2 Å². The zero-order chi connectivity index (χ0) is 14.0. The minimum atomic E-state index is -0.0444. The SMILES string of the molecule is CC(C)(C)c1nc(Cc2cccnc2)nc(N)c1I. The van der Waals surface area contributed by atoms with E-state index >= 15 is 0 Å². The lowest BCUT2D eigenvalue weighted by molar-refractivity contribution is 0.559. The molecular weight excluding hydrogens is 351 g/mol. The fourth-order valence-corrected chi connectivity index (χ4v) is 2.82. The second kappa shape index (κ2) is 5.40. The molecule has 0 aliphatic heterocycles. The van der Waals surface area contributed by atoms with Crippen molar-refractivity contribution in [3.63, 3.8) is 0 Å². The minimum absolute atomic E-state index is 0.0444. The molecule has 0 bridgehead atoms. The first-order chi connectivity index (χ1) is 8.88. The fourth-order valence-electron chi connectivity index (χ4n) is 1.77. The van der Waals surface area contributed by atoms with Crippen molar-refractivity contribution in [1.29, 1.82) is 0 Å². The van der Waals surface area contributed by atoms with Crippen molar-refractivity contribution < 1.29 is 0 Å². The summed E-state index contributed by atoms with van der Waals surface area (Å²) in [6.07, 6.45) is 4.24. The van der Waals surface area contributed by atoms with Crippen LogP contribution in [0, 0.1) is 3.57 Å². The Morgan fingerprint density at radius 1 is 1.26 bits per heavy atom. The Balaban J connectivity index is 2.40. The molecule has 0 fully saturated rings. The number of nitrogens with zero attached hydrogens (tertiary/aromatic N) is 3. The summed E-state index contributed by atoms with van der Waals surface area (Å²) in [6.45, 7) is 6.39. The molecule has 2 rings (SSSR count). The van der Waals surface area contributed by atoms with E-state index in [0.717, 1.165) is 20.7 Å². The van der Waals surface area contributed by atoms with E-state index in [0.29, 0.717) is 12.2 Å². The van der Waals surface area contributed by atoms with Crippen LogP contribution in [-0.2, 0) is 11.8 Å². The van der Waals surface area contributed by atoms with Crippen molar-refractivity contribution in [3.8, 4) is 0 Å². The van der Waals surface area contributed by atoms with Gasteiger partial charge in [-0.2, -0.15) is 0 Å². The lowest BCUT2D eigenvalue weighted by atomic mass is 9.92. The second-order valence-corrected chi connectivity index (χ2v) is 6.55. The van der Waals surface area contributed by atoms with Crippen LogP contribution in [0.3, 0.4) is 0 Å². The third-order valence-electron chi connectivity index (χ3n) is 2.72. The van der Waals surface area contributed by atoms with Crippen LogP contribution in [0.1, 0.15) is 37.9 Å². The van der Waals surface area contributed by atoms with Gasteiger partial charge in [0.1, 0.15) is 11.6 Å². The first-order valence-corrected chi connectivity index (χ1v) is 7.17. The molecule has 19 heavy (non-hydrogen) atoms. The summed E-state index contributed by atoms with van der Waals surface area (Å²) in [5, 5.41) is 0. The average molecular weight is 368 g/mol. The molecule has 2 aromatic rings. The summed E-state index contributed by atoms with van der Waals surface area (Å²) in [6, 6.07) is 3.93. The number of nitrogen functional groups attached to an aromatic ring is 1. The summed E-state index contributed by atoms with van der Waals surface area (Å²) in [7, 11) is 0. The van der Waals surface area contributed by atoms with Gasteiger partial charge in [0.15, 0.2) is 0 Å². The third kappa shape index (κ3) is 3.40. The van der Waals surface area contributed by atoms with Gasteiger partial charge in [0.05, 0.1) is 9.26 Å². The van der Waals surface area contributed by atoms with Crippen LogP contribution in [0.4, 0.5) is 5.82 Å². The van der Waals surface area contributed by atoms with Crippen molar-refractivity contribution in [2.75, 3.05) is 5.73 Å². The van der Waals surface area contributed by atoms with E-state index < -0.39 is 0 Å². The van der Waals surface area contributed by atoms with Gasteiger partial charge < -0.3 is 5.73 Å². The van der Waals surface area contributed by atoms with Crippen molar-refractivity contribution in [3.05, 3.63) is 45.2 Å². The molecule has 0 atom stereocenters. The van der Waals surface area contributed by atoms with Gasteiger partial charge in [0.2, 0.25) is 0 Å². The highest BCUT2D eigenvalue weighted by molar-refractivity contribution is 14.1. The molecule has 0 aromatic carbocycles. The quantitative estimate of drug-likeness (QED) is 0.828. The summed E-state index contributed by atoms with van der Waals surface area (Å²) in [4.78, 5) is 13.2. The van der Waals surface area contributed by atoms with E-state index in [4.69, 9.17) is 5.73 Å². The molecular formula is C14H17IN4. The van der Waals surface area contributed by atoms with E-state index in [2.05, 4.69) is 58.3 Å². The molecule has 0 aliphatic rings. The molecule has 2 heterocycles. The zero-order valence-corrected chi connectivity index (χ0v) is 13.5. The monoisotopic (exact) mass is 368 g/mol. The third-order valence-corrected chi connectivity index (χ3v) is 3.78. The van der Waals surface area contributed by atoms with E-state index in [1.165, 1.54) is 0 Å². The molecule has 2 N–H and O–H groups in total. The number of rotatable bonds is 2. The summed E-state index contributed by atoms with van der Waals surface area (Å²) in [5.41, 5.74) is 8.04. The number of aromatic nitrogens is 3. The smallest absolute Gasteiger partial charge is 0.140 e. The maximum absolute atomic E-state index is 6.00. The Hall–Kier alpha value is -1.24. The number of nitrogens with two attached hydrogens (primary N) is 1. The lowest BCUT2D eigenvalue weighted by Crippen LogP contribution is -2.19. The Morgan fingerprint density at radius 3 is 2.58 bits per heavy atom. The predicted molar refractivity (Wildman–Crippen MR) is 84.9 cm³/mol. The van der Waals surface area contributed by atoms with Crippen molar-refractivity contribution in [2.24, 2.45) is 0 Å². The van der Waals surface area contributed by atoms with Gasteiger partial charge in [-0.15, -0.1) is 0 Å². The van der Waals surface area contributed by atoms with E-state index in [-0.39, 0.29) is 5.41 Å². The molecule has 2 aromatic heterocycles. The van der Waals surface area contributed by atoms with Gasteiger partial charge >= 0.3 is 0 Å². The van der Waals surface area contributed by atoms with Crippen LogP contribution < -0.4 is 5.73 Å². The molecule has 5 heteroatoms. The number of pyridine rings is 1. The van der Waals surface area contributed by atoms with Crippen LogP contribution in [0.25, 0.3) is 0 Å². The maximum atomic E-state index is 6.00. The van der Waals surface area contributed by atoms with Crippen molar-refractivity contribution in [2.45, 2.75) is 32.6 Å². The number of anilines is 1. The Bertz CT molecular complexity index is 576. The summed E-state index contributed by atoms with van der Waals surface area (Å²) < 4.78 is 0.944. The van der Waals surface area contributed by atoms with Crippen molar-refractivity contribution >= 4 is 28.4 Å². The largest absolute Gasteiger partial charge is 0.383 e. The summed E-state index contributed by atoms with van der Waals surface area (Å²) in [5.74, 6) is 1.30. The van der Waals surface area contributed by atoms with Crippen LogP contribution in [-0.4, -0.2) is 15.0 Å². The number of halogens is 1. The van der Waals surface area contributed by atoms with E-state index in [9.17, 15) is 0 Å². The highest BCUT2D eigenvalue weighted by Crippen LogP contribution is 2.28. The fraction of sp³-hybridized carbons (Fsp3) is 0.357. The van der Waals surface area contributed by atoms with E-state index in [1.807, 2.05) is 18.3 Å². The van der Waals surface area contributed by atoms with E-state index in [1.54, 1.807) is 6.20 Å². The minimum Gasteiger partial charge on any atom is -0.383 e. The normalized spacial score (nSPS) is 11.6. The molecule has 0 unspecified atom stereocenters. The first-order valence-electron chi connectivity index (χ1n) is 6.09.